The second-order valence-corrected chi connectivity index (χ2v) is 10.2. The number of rotatable bonds is 7. The van der Waals surface area contributed by atoms with Gasteiger partial charge in [-0.05, 0) is 97.9 Å². The third-order valence-electron chi connectivity index (χ3n) is 7.67. The van der Waals surface area contributed by atoms with E-state index in [1.165, 1.54) is 24.3 Å². The fourth-order valence-corrected chi connectivity index (χ4v) is 5.60. The summed E-state index contributed by atoms with van der Waals surface area (Å²) >= 11 is 0. The van der Waals surface area contributed by atoms with Gasteiger partial charge in [0.05, 0.1) is 12.2 Å². The van der Waals surface area contributed by atoms with Gasteiger partial charge in [0.25, 0.3) is 0 Å². The van der Waals surface area contributed by atoms with Crippen molar-refractivity contribution in [2.45, 2.75) is 32.7 Å². The normalized spacial score (nSPS) is 17.2. The average molecular weight is 521 g/mol. The van der Waals surface area contributed by atoms with Crippen LogP contribution in [0.4, 0.5) is 14.5 Å². The lowest BCUT2D eigenvalue weighted by atomic mass is 9.77. The number of anilines is 1. The van der Waals surface area contributed by atoms with Gasteiger partial charge < -0.3 is 14.7 Å². The molecule has 0 aliphatic carbocycles. The third kappa shape index (κ3) is 5.27. The Hall–Kier alpha value is -3.78. The highest BCUT2D eigenvalue weighted by atomic mass is 19.1. The van der Waals surface area contributed by atoms with Crippen LogP contribution in [0.3, 0.4) is 0 Å². The van der Waals surface area contributed by atoms with Crippen LogP contribution in [0.5, 0.6) is 5.75 Å². The van der Waals surface area contributed by atoms with Gasteiger partial charge in [0.1, 0.15) is 17.4 Å². The summed E-state index contributed by atoms with van der Waals surface area (Å²) < 4.78 is 33.9. The highest BCUT2D eigenvalue weighted by Crippen LogP contribution is 2.43. The van der Waals surface area contributed by atoms with Gasteiger partial charge in [-0.2, -0.15) is 0 Å². The second kappa shape index (κ2) is 10.5. The van der Waals surface area contributed by atoms with Crippen LogP contribution in [0.1, 0.15) is 42.1 Å². The molecule has 0 bridgehead atoms. The summed E-state index contributed by atoms with van der Waals surface area (Å²) in [4.78, 5) is 28.1. The Labute approximate surface area is 220 Å². The lowest BCUT2D eigenvalue weighted by molar-refractivity contribution is -0.118. The standard InChI is InChI=1S/C30H30F2N2O4/c1-2-38-24-8-10-25(26-9-5-22(31)16-27(26)32)21(15-24)18-33-13-11-30(12-14-33)17-28(35)34(19-30)23-6-3-20(4-7-23)29(36)37/h3-10,15-16H,2,11-14,17-19H2,1H3,(H,36,37). The van der Waals surface area contributed by atoms with Crippen molar-refractivity contribution < 1.29 is 28.2 Å². The largest absolute Gasteiger partial charge is 0.494 e. The maximum Gasteiger partial charge on any atom is 0.335 e. The van der Waals surface area contributed by atoms with E-state index in [4.69, 9.17) is 9.84 Å². The lowest BCUT2D eigenvalue weighted by Gasteiger charge is -2.39. The first-order valence-electron chi connectivity index (χ1n) is 12.8. The smallest absolute Gasteiger partial charge is 0.335 e. The first-order chi connectivity index (χ1) is 18.3. The molecule has 3 aromatic carbocycles. The second-order valence-electron chi connectivity index (χ2n) is 10.2. The van der Waals surface area contributed by atoms with Crippen molar-refractivity contribution >= 4 is 17.6 Å². The van der Waals surface area contributed by atoms with E-state index in [0.717, 1.165) is 43.2 Å². The minimum Gasteiger partial charge on any atom is -0.494 e. The Bertz CT molecular complexity index is 1350. The number of carbonyl (C=O) groups excluding carboxylic acids is 1. The van der Waals surface area contributed by atoms with E-state index in [1.807, 2.05) is 19.1 Å². The lowest BCUT2D eigenvalue weighted by Crippen LogP contribution is -2.41. The van der Waals surface area contributed by atoms with Gasteiger partial charge in [0.2, 0.25) is 5.91 Å². The highest BCUT2D eigenvalue weighted by molar-refractivity contribution is 5.97. The SMILES string of the molecule is CCOc1ccc(-c2ccc(F)cc2F)c(CN2CCC3(CC2)CC(=O)N(c2ccc(C(=O)O)cc2)C3)c1. The number of ether oxygens (including phenoxy) is 1. The van der Waals surface area contributed by atoms with E-state index in [1.54, 1.807) is 23.1 Å². The van der Waals surface area contributed by atoms with Crippen molar-refractivity contribution in [1.29, 1.82) is 0 Å². The van der Waals surface area contributed by atoms with Crippen molar-refractivity contribution in [3.63, 3.8) is 0 Å². The third-order valence-corrected chi connectivity index (χ3v) is 7.67. The van der Waals surface area contributed by atoms with E-state index in [2.05, 4.69) is 4.90 Å². The van der Waals surface area contributed by atoms with Crippen LogP contribution in [-0.2, 0) is 11.3 Å². The molecule has 1 spiro atoms. The number of carboxylic acids is 1. The highest BCUT2D eigenvalue weighted by Gasteiger charge is 2.45. The van der Waals surface area contributed by atoms with E-state index >= 15 is 0 Å². The first kappa shape index (κ1) is 25.9. The van der Waals surface area contributed by atoms with Crippen LogP contribution in [0.2, 0.25) is 0 Å². The molecule has 0 saturated carbocycles. The molecule has 0 atom stereocenters. The number of aromatic carboxylic acids is 1. The Morgan fingerprint density at radius 1 is 1.00 bits per heavy atom. The molecule has 1 amide bonds. The van der Waals surface area contributed by atoms with Gasteiger partial charge in [-0.15, -0.1) is 0 Å². The Morgan fingerprint density at radius 2 is 1.71 bits per heavy atom. The molecule has 6 nitrogen and oxygen atoms in total. The van der Waals surface area contributed by atoms with Crippen molar-refractivity contribution in [3.8, 4) is 16.9 Å². The molecule has 2 heterocycles. The summed E-state index contributed by atoms with van der Waals surface area (Å²) in [5.74, 6) is -1.45. The molecule has 2 aliphatic heterocycles. The van der Waals surface area contributed by atoms with Crippen LogP contribution >= 0.6 is 0 Å². The molecule has 5 rings (SSSR count). The Morgan fingerprint density at radius 3 is 2.37 bits per heavy atom. The van der Waals surface area contributed by atoms with Gasteiger partial charge in [0, 0.05) is 36.8 Å². The number of carbonyl (C=O) groups is 2. The quantitative estimate of drug-likeness (QED) is 0.430. The molecule has 0 unspecified atom stereocenters. The van der Waals surface area contributed by atoms with Crippen molar-refractivity contribution in [2.75, 3.05) is 31.1 Å². The van der Waals surface area contributed by atoms with Crippen LogP contribution in [0.25, 0.3) is 11.1 Å². The molecule has 198 valence electrons. The zero-order valence-electron chi connectivity index (χ0n) is 21.3. The minimum absolute atomic E-state index is 0.0556. The summed E-state index contributed by atoms with van der Waals surface area (Å²) in [6.45, 7) is 5.17. The summed E-state index contributed by atoms with van der Waals surface area (Å²) in [7, 11) is 0. The number of hydrogen-bond acceptors (Lipinski definition) is 4. The number of nitrogens with zero attached hydrogens (tertiary/aromatic N) is 2. The molecule has 2 saturated heterocycles. The van der Waals surface area contributed by atoms with Crippen LogP contribution in [0, 0.1) is 17.0 Å². The van der Waals surface area contributed by atoms with E-state index in [9.17, 15) is 18.4 Å². The number of carboxylic acid groups (broad SMARTS) is 1. The zero-order chi connectivity index (χ0) is 26.9. The molecule has 2 aliphatic rings. The van der Waals surface area contributed by atoms with Gasteiger partial charge in [0.15, 0.2) is 0 Å². The van der Waals surface area contributed by atoms with E-state index in [0.29, 0.717) is 43.0 Å². The predicted octanol–water partition coefficient (Wildman–Crippen LogP) is 5.75. The zero-order valence-corrected chi connectivity index (χ0v) is 21.3. The maximum atomic E-state index is 14.7. The van der Waals surface area contributed by atoms with E-state index < -0.39 is 17.6 Å². The van der Waals surface area contributed by atoms with Crippen LogP contribution < -0.4 is 9.64 Å². The summed E-state index contributed by atoms with van der Waals surface area (Å²) in [5.41, 5.74) is 2.75. The summed E-state index contributed by atoms with van der Waals surface area (Å²) in [6, 6.07) is 15.6. The van der Waals surface area contributed by atoms with Crippen molar-refractivity contribution in [1.82, 2.24) is 4.90 Å². The fraction of sp³-hybridized carbons (Fsp3) is 0.333. The fourth-order valence-electron chi connectivity index (χ4n) is 5.60. The van der Waals surface area contributed by atoms with Gasteiger partial charge >= 0.3 is 5.97 Å². The number of benzene rings is 3. The van der Waals surface area contributed by atoms with Gasteiger partial charge in [-0.3, -0.25) is 9.69 Å². The number of amides is 1. The number of likely N-dealkylation sites (tertiary alicyclic amines) is 1. The molecule has 8 heteroatoms. The molecular formula is C30H30F2N2O4. The average Bonchev–Trinajstić information content (AvgIpc) is 3.22. The molecule has 1 N–H and O–H groups in total. The van der Waals surface area contributed by atoms with E-state index in [-0.39, 0.29) is 16.9 Å². The molecule has 38 heavy (non-hydrogen) atoms. The topological polar surface area (TPSA) is 70.1 Å². The number of piperidine rings is 1. The molecule has 3 aromatic rings. The number of halogens is 2. The maximum absolute atomic E-state index is 14.7. The predicted molar refractivity (Wildman–Crippen MR) is 140 cm³/mol. The van der Waals surface area contributed by atoms with Crippen molar-refractivity contribution in [3.05, 3.63) is 83.4 Å². The molecular weight excluding hydrogens is 490 g/mol. The monoisotopic (exact) mass is 520 g/mol. The van der Waals surface area contributed by atoms with Gasteiger partial charge in [-0.1, -0.05) is 6.07 Å². The molecule has 0 aromatic heterocycles. The Balaban J connectivity index is 1.30. The Kier molecular flexibility index (Phi) is 7.17. The van der Waals surface area contributed by atoms with Gasteiger partial charge in [-0.25, -0.2) is 13.6 Å². The summed E-state index contributed by atoms with van der Waals surface area (Å²) in [6.07, 6.45) is 2.15. The minimum atomic E-state index is -0.995. The molecule has 0 radical (unpaired) electrons. The van der Waals surface area contributed by atoms with Crippen LogP contribution in [0.15, 0.2) is 60.7 Å². The number of hydrogen-bond donors (Lipinski definition) is 1. The van der Waals surface area contributed by atoms with Crippen LogP contribution in [-0.4, -0.2) is 48.1 Å². The van der Waals surface area contributed by atoms with Crippen molar-refractivity contribution in [2.24, 2.45) is 5.41 Å². The summed E-state index contributed by atoms with van der Waals surface area (Å²) in [5, 5.41) is 9.14. The molecule has 2 fully saturated rings. The first-order valence-corrected chi connectivity index (χ1v) is 12.8.